The molecule has 3 nitrogen and oxygen atoms in total. The van der Waals surface area contributed by atoms with Gasteiger partial charge >= 0.3 is 0 Å². The lowest BCUT2D eigenvalue weighted by Gasteiger charge is -2.13. The zero-order chi connectivity index (χ0) is 17.1. The molecular formula is C20H17BrN2O. The number of hydrogen-bond donors (Lipinski definition) is 1. The third-order valence-electron chi connectivity index (χ3n) is 3.94. The van der Waals surface area contributed by atoms with E-state index in [2.05, 4.69) is 44.4 Å². The van der Waals surface area contributed by atoms with E-state index in [1.807, 2.05) is 44.2 Å². The monoisotopic (exact) mass is 380 g/mol. The highest BCUT2D eigenvalue weighted by Crippen LogP contribution is 2.28. The van der Waals surface area contributed by atoms with Crippen molar-refractivity contribution >= 4 is 27.5 Å². The van der Waals surface area contributed by atoms with Crippen molar-refractivity contribution in [1.82, 2.24) is 4.98 Å². The van der Waals surface area contributed by atoms with E-state index in [-0.39, 0.29) is 5.91 Å². The first-order valence-electron chi connectivity index (χ1n) is 7.65. The molecule has 3 aromatic rings. The van der Waals surface area contributed by atoms with Crippen LogP contribution in [0.5, 0.6) is 0 Å². The third kappa shape index (κ3) is 3.39. The number of amides is 1. The molecule has 0 aliphatic carbocycles. The van der Waals surface area contributed by atoms with Gasteiger partial charge in [0.15, 0.2) is 0 Å². The molecule has 4 heteroatoms. The topological polar surface area (TPSA) is 42.0 Å². The average Bonchev–Trinajstić information content (AvgIpc) is 2.60. The van der Waals surface area contributed by atoms with Gasteiger partial charge in [-0.1, -0.05) is 58.4 Å². The molecule has 0 saturated carbocycles. The number of aryl methyl sites for hydroxylation is 1. The second-order valence-corrected chi connectivity index (χ2v) is 6.47. The number of rotatable bonds is 3. The minimum Gasteiger partial charge on any atom is -0.320 e. The van der Waals surface area contributed by atoms with Gasteiger partial charge in [-0.05, 0) is 48.2 Å². The molecule has 1 N–H and O–H groups in total. The maximum absolute atomic E-state index is 12.5. The molecule has 1 amide bonds. The van der Waals surface area contributed by atoms with Crippen LogP contribution in [0.4, 0.5) is 5.69 Å². The van der Waals surface area contributed by atoms with Gasteiger partial charge in [0.25, 0.3) is 5.91 Å². The van der Waals surface area contributed by atoms with Crippen LogP contribution in [-0.2, 0) is 0 Å². The van der Waals surface area contributed by atoms with E-state index in [9.17, 15) is 4.79 Å². The van der Waals surface area contributed by atoms with Gasteiger partial charge in [0.2, 0.25) is 0 Å². The maximum Gasteiger partial charge on any atom is 0.274 e. The van der Waals surface area contributed by atoms with Gasteiger partial charge in [0.05, 0.1) is 0 Å². The lowest BCUT2D eigenvalue weighted by atomic mass is 9.99. The van der Waals surface area contributed by atoms with Crippen LogP contribution in [0, 0.1) is 13.8 Å². The first-order valence-corrected chi connectivity index (χ1v) is 8.44. The molecule has 120 valence electrons. The van der Waals surface area contributed by atoms with Gasteiger partial charge in [-0.3, -0.25) is 9.78 Å². The summed E-state index contributed by atoms with van der Waals surface area (Å²) in [7, 11) is 0. The number of carbonyl (C=O) groups excluding carboxylic acids is 1. The number of hydrogen-bond acceptors (Lipinski definition) is 2. The van der Waals surface area contributed by atoms with Gasteiger partial charge in [0.1, 0.15) is 5.69 Å². The van der Waals surface area contributed by atoms with Gasteiger partial charge in [-0.2, -0.15) is 0 Å². The fourth-order valence-corrected chi connectivity index (χ4v) is 2.83. The Morgan fingerprint density at radius 3 is 2.50 bits per heavy atom. The Labute approximate surface area is 149 Å². The van der Waals surface area contributed by atoms with Crippen molar-refractivity contribution in [2.24, 2.45) is 0 Å². The quantitative estimate of drug-likeness (QED) is 0.662. The zero-order valence-electron chi connectivity index (χ0n) is 13.5. The summed E-state index contributed by atoms with van der Waals surface area (Å²) in [6, 6.07) is 17.8. The number of anilines is 1. The van der Waals surface area contributed by atoms with Crippen LogP contribution in [0.3, 0.4) is 0 Å². The Morgan fingerprint density at radius 1 is 1.04 bits per heavy atom. The van der Waals surface area contributed by atoms with E-state index in [0.29, 0.717) is 5.69 Å². The summed E-state index contributed by atoms with van der Waals surface area (Å²) in [5.74, 6) is -0.219. The normalized spacial score (nSPS) is 10.5. The molecule has 1 aromatic heterocycles. The highest BCUT2D eigenvalue weighted by atomic mass is 79.9. The summed E-state index contributed by atoms with van der Waals surface area (Å²) < 4.78 is 0.873. The van der Waals surface area contributed by atoms with Crippen LogP contribution >= 0.6 is 15.9 Å². The number of benzene rings is 2. The van der Waals surface area contributed by atoms with Crippen molar-refractivity contribution in [3.63, 3.8) is 0 Å². The Bertz CT molecular complexity index is 891. The number of carbonyl (C=O) groups is 1. The number of halogens is 1. The molecule has 0 unspecified atom stereocenters. The summed E-state index contributed by atoms with van der Waals surface area (Å²) in [5.41, 5.74) is 5.43. The highest BCUT2D eigenvalue weighted by Gasteiger charge is 2.12. The summed E-state index contributed by atoms with van der Waals surface area (Å²) in [6.45, 7) is 3.95. The van der Waals surface area contributed by atoms with Crippen molar-refractivity contribution in [2.45, 2.75) is 13.8 Å². The molecule has 1 heterocycles. The van der Waals surface area contributed by atoms with Gasteiger partial charge in [-0.25, -0.2) is 0 Å². The Balaban J connectivity index is 1.90. The summed E-state index contributed by atoms with van der Waals surface area (Å²) in [4.78, 5) is 16.7. The van der Waals surface area contributed by atoms with E-state index in [0.717, 1.165) is 32.4 Å². The van der Waals surface area contributed by atoms with Crippen LogP contribution < -0.4 is 5.32 Å². The fourth-order valence-electron chi connectivity index (χ4n) is 2.51. The van der Waals surface area contributed by atoms with Crippen molar-refractivity contribution < 1.29 is 4.79 Å². The molecule has 0 saturated heterocycles. The van der Waals surface area contributed by atoms with E-state index < -0.39 is 0 Å². The predicted molar refractivity (Wildman–Crippen MR) is 101 cm³/mol. The van der Waals surface area contributed by atoms with E-state index >= 15 is 0 Å². The SMILES string of the molecule is Cc1cnc(C(=O)Nc2cccc(-c3ccccc3)c2C)cc1Br. The number of nitrogens with zero attached hydrogens (tertiary/aromatic N) is 1. The molecule has 0 fully saturated rings. The molecule has 24 heavy (non-hydrogen) atoms. The average molecular weight is 381 g/mol. The Hall–Kier alpha value is -2.46. The number of pyridine rings is 1. The lowest BCUT2D eigenvalue weighted by molar-refractivity contribution is 0.102. The molecule has 0 bridgehead atoms. The van der Waals surface area contributed by atoms with Crippen molar-refractivity contribution in [2.75, 3.05) is 5.32 Å². The second-order valence-electron chi connectivity index (χ2n) is 5.62. The van der Waals surface area contributed by atoms with Crippen molar-refractivity contribution in [3.8, 4) is 11.1 Å². The van der Waals surface area contributed by atoms with Crippen LogP contribution in [-0.4, -0.2) is 10.9 Å². The molecule has 0 spiro atoms. The second kappa shape index (κ2) is 6.97. The van der Waals surface area contributed by atoms with Crippen LogP contribution in [0.1, 0.15) is 21.6 Å². The molecule has 2 aromatic carbocycles. The first kappa shape index (κ1) is 16.4. The smallest absolute Gasteiger partial charge is 0.274 e. The third-order valence-corrected chi connectivity index (χ3v) is 4.79. The summed E-state index contributed by atoms with van der Waals surface area (Å²) in [5, 5.41) is 2.96. The van der Waals surface area contributed by atoms with E-state index in [1.54, 1.807) is 12.3 Å². The van der Waals surface area contributed by atoms with Gasteiger partial charge in [0, 0.05) is 16.4 Å². The highest BCUT2D eigenvalue weighted by molar-refractivity contribution is 9.10. The van der Waals surface area contributed by atoms with Gasteiger partial charge < -0.3 is 5.32 Å². The molecular weight excluding hydrogens is 364 g/mol. The largest absolute Gasteiger partial charge is 0.320 e. The predicted octanol–water partition coefficient (Wildman–Crippen LogP) is 5.38. The maximum atomic E-state index is 12.5. The number of nitrogens with one attached hydrogen (secondary N) is 1. The zero-order valence-corrected chi connectivity index (χ0v) is 15.1. The molecule has 0 aliphatic heterocycles. The summed E-state index contributed by atoms with van der Waals surface area (Å²) >= 11 is 3.44. The fraction of sp³-hybridized carbons (Fsp3) is 0.100. The molecule has 0 radical (unpaired) electrons. The summed E-state index contributed by atoms with van der Waals surface area (Å²) in [6.07, 6.45) is 1.69. The Kier molecular flexibility index (Phi) is 4.76. The molecule has 0 atom stereocenters. The van der Waals surface area contributed by atoms with E-state index in [1.165, 1.54) is 0 Å². The van der Waals surface area contributed by atoms with Crippen molar-refractivity contribution in [1.29, 1.82) is 0 Å². The van der Waals surface area contributed by atoms with Crippen LogP contribution in [0.2, 0.25) is 0 Å². The van der Waals surface area contributed by atoms with Crippen LogP contribution in [0.15, 0.2) is 65.3 Å². The molecule has 3 rings (SSSR count). The number of aromatic nitrogens is 1. The van der Waals surface area contributed by atoms with Crippen molar-refractivity contribution in [3.05, 3.63) is 82.1 Å². The minimum atomic E-state index is -0.219. The van der Waals surface area contributed by atoms with Crippen LogP contribution in [0.25, 0.3) is 11.1 Å². The first-order chi connectivity index (χ1) is 11.6. The van der Waals surface area contributed by atoms with Gasteiger partial charge in [-0.15, -0.1) is 0 Å². The standard InChI is InChI=1S/C20H17BrN2O/c1-13-12-22-19(11-17(13)21)20(24)23-18-10-6-9-16(14(18)2)15-7-4-3-5-8-15/h3-12H,1-2H3,(H,23,24). The lowest BCUT2D eigenvalue weighted by Crippen LogP contribution is -2.14. The molecule has 0 aliphatic rings. The Morgan fingerprint density at radius 2 is 1.79 bits per heavy atom. The minimum absolute atomic E-state index is 0.219. The van der Waals surface area contributed by atoms with E-state index in [4.69, 9.17) is 0 Å².